The van der Waals surface area contributed by atoms with Crippen molar-refractivity contribution in [3.05, 3.63) is 0 Å². The fraction of sp³-hybridized carbons (Fsp3) is 0.900. The second kappa shape index (κ2) is 7.47. The Labute approximate surface area is 157 Å². The van der Waals surface area contributed by atoms with Gasteiger partial charge in [0.2, 0.25) is 0 Å². The molecule has 26 heavy (non-hydrogen) atoms. The molecule has 6 heteroatoms. The van der Waals surface area contributed by atoms with Crippen molar-refractivity contribution in [3.63, 3.8) is 0 Å². The van der Waals surface area contributed by atoms with Crippen LogP contribution in [0.5, 0.6) is 0 Å². The molecule has 0 atom stereocenters. The van der Waals surface area contributed by atoms with E-state index in [1.807, 2.05) is 0 Å². The van der Waals surface area contributed by atoms with Gasteiger partial charge in [-0.15, -0.1) is 0 Å². The normalized spacial score (nSPS) is 31.7. The predicted molar refractivity (Wildman–Crippen MR) is 101 cm³/mol. The van der Waals surface area contributed by atoms with Gasteiger partial charge in [0, 0.05) is 20.2 Å². The van der Waals surface area contributed by atoms with E-state index in [0.29, 0.717) is 24.1 Å². The van der Waals surface area contributed by atoms with Crippen molar-refractivity contribution < 1.29 is 14.3 Å². The first kappa shape index (κ1) is 19.6. The molecule has 148 valence electrons. The Morgan fingerprint density at radius 1 is 1.15 bits per heavy atom. The summed E-state index contributed by atoms with van der Waals surface area (Å²) in [5, 5.41) is 3.05. The number of methoxy groups -OCH3 is 1. The molecule has 1 N–H and O–H groups in total. The van der Waals surface area contributed by atoms with Crippen LogP contribution in [0.1, 0.15) is 65.7 Å². The number of rotatable bonds is 5. The Bertz CT molecular complexity index is 532. The van der Waals surface area contributed by atoms with Gasteiger partial charge in [-0.2, -0.15) is 0 Å². The Morgan fingerprint density at radius 2 is 1.77 bits per heavy atom. The number of carbonyl (C=O) groups is 2. The van der Waals surface area contributed by atoms with E-state index < -0.39 is 5.54 Å². The minimum Gasteiger partial charge on any atom is -0.381 e. The molecule has 1 spiro atoms. The highest BCUT2D eigenvalue weighted by atomic mass is 16.5. The summed E-state index contributed by atoms with van der Waals surface area (Å²) in [7, 11) is 1.75. The van der Waals surface area contributed by atoms with Crippen LogP contribution in [0.15, 0.2) is 0 Å². The molecule has 2 heterocycles. The monoisotopic (exact) mass is 365 g/mol. The molecule has 0 aromatic carbocycles. The molecule has 2 aliphatic heterocycles. The number of amides is 3. The van der Waals surface area contributed by atoms with Crippen molar-refractivity contribution in [1.82, 2.24) is 15.1 Å². The lowest BCUT2D eigenvalue weighted by atomic mass is 9.65. The zero-order chi connectivity index (χ0) is 18.9. The van der Waals surface area contributed by atoms with Crippen molar-refractivity contribution >= 4 is 11.9 Å². The van der Waals surface area contributed by atoms with E-state index in [-0.39, 0.29) is 11.9 Å². The number of nitrogens with one attached hydrogen (secondary N) is 1. The number of hydrogen-bond donors (Lipinski definition) is 1. The first-order chi connectivity index (χ1) is 12.3. The van der Waals surface area contributed by atoms with Crippen LogP contribution in [0, 0.1) is 11.3 Å². The van der Waals surface area contributed by atoms with Crippen LogP contribution >= 0.6 is 0 Å². The number of nitrogens with zero attached hydrogens (tertiary/aromatic N) is 2. The Balaban J connectivity index is 1.59. The van der Waals surface area contributed by atoms with Gasteiger partial charge in [-0.1, -0.05) is 27.2 Å². The number of ether oxygens (including phenoxy) is 1. The molecule has 0 aromatic heterocycles. The van der Waals surface area contributed by atoms with Gasteiger partial charge in [0.25, 0.3) is 5.91 Å². The minimum absolute atomic E-state index is 0.0101. The number of imide groups is 1. The van der Waals surface area contributed by atoms with Gasteiger partial charge in [-0.3, -0.25) is 9.69 Å². The van der Waals surface area contributed by atoms with Crippen LogP contribution in [0.25, 0.3) is 0 Å². The Hall–Kier alpha value is -1.14. The third kappa shape index (κ3) is 3.63. The number of hydrogen-bond acceptors (Lipinski definition) is 4. The summed E-state index contributed by atoms with van der Waals surface area (Å²) in [4.78, 5) is 29.3. The second-order valence-corrected chi connectivity index (χ2v) is 9.06. The summed E-state index contributed by atoms with van der Waals surface area (Å²) in [6, 6.07) is -0.211. The molecule has 1 aliphatic carbocycles. The molecule has 0 aromatic rings. The molecule has 2 saturated heterocycles. The maximum atomic E-state index is 13.1. The fourth-order valence-corrected chi connectivity index (χ4v) is 4.81. The molecule has 0 bridgehead atoms. The average Bonchev–Trinajstić information content (AvgIpc) is 2.87. The van der Waals surface area contributed by atoms with Crippen LogP contribution in [0.4, 0.5) is 4.79 Å². The number of likely N-dealkylation sites (tertiary alicyclic amines) is 1. The van der Waals surface area contributed by atoms with Crippen LogP contribution in [0.2, 0.25) is 0 Å². The van der Waals surface area contributed by atoms with Crippen molar-refractivity contribution in [3.8, 4) is 0 Å². The molecular formula is C20H35N3O3. The van der Waals surface area contributed by atoms with Gasteiger partial charge in [0.05, 0.1) is 12.8 Å². The number of piperidine rings is 1. The average molecular weight is 366 g/mol. The van der Waals surface area contributed by atoms with E-state index in [0.717, 1.165) is 58.0 Å². The summed E-state index contributed by atoms with van der Waals surface area (Å²) in [6.45, 7) is 9.03. The van der Waals surface area contributed by atoms with E-state index in [4.69, 9.17) is 4.74 Å². The summed E-state index contributed by atoms with van der Waals surface area (Å²) in [5.41, 5.74) is -0.346. The smallest absolute Gasteiger partial charge is 0.326 e. The van der Waals surface area contributed by atoms with Crippen LogP contribution < -0.4 is 5.32 Å². The van der Waals surface area contributed by atoms with Gasteiger partial charge < -0.3 is 10.1 Å². The zero-order valence-electron chi connectivity index (χ0n) is 16.8. The van der Waals surface area contributed by atoms with Crippen molar-refractivity contribution in [2.45, 2.75) is 77.4 Å². The van der Waals surface area contributed by atoms with E-state index in [1.54, 1.807) is 7.11 Å². The standard InChI is InChI=1S/C20H35N3O3/c1-5-19(2,3)15-6-10-20(11-7-15)17(24)23(18(25)21-20)14-22-12-8-16(26-4)9-13-22/h15-16H,5-14H2,1-4H3,(H,21,25). The molecule has 3 amide bonds. The predicted octanol–water partition coefficient (Wildman–Crippen LogP) is 2.97. The lowest BCUT2D eigenvalue weighted by molar-refractivity contribution is -0.135. The molecule has 3 fully saturated rings. The van der Waals surface area contributed by atoms with Gasteiger partial charge >= 0.3 is 6.03 Å². The van der Waals surface area contributed by atoms with E-state index in [1.165, 1.54) is 4.90 Å². The van der Waals surface area contributed by atoms with E-state index in [2.05, 4.69) is 31.0 Å². The van der Waals surface area contributed by atoms with Gasteiger partial charge in [-0.05, 0) is 49.9 Å². The van der Waals surface area contributed by atoms with Gasteiger partial charge in [0.15, 0.2) is 0 Å². The van der Waals surface area contributed by atoms with Crippen molar-refractivity contribution in [1.29, 1.82) is 0 Å². The lowest BCUT2D eigenvalue weighted by Gasteiger charge is -2.42. The third-order valence-electron chi connectivity index (χ3n) is 7.31. The summed E-state index contributed by atoms with van der Waals surface area (Å²) < 4.78 is 5.40. The van der Waals surface area contributed by atoms with Crippen molar-refractivity contribution in [2.75, 3.05) is 26.9 Å². The molecule has 0 unspecified atom stereocenters. The highest BCUT2D eigenvalue weighted by molar-refractivity contribution is 6.07. The minimum atomic E-state index is -0.651. The summed E-state index contributed by atoms with van der Waals surface area (Å²) >= 11 is 0. The topological polar surface area (TPSA) is 61.9 Å². The highest BCUT2D eigenvalue weighted by Gasteiger charge is 2.53. The quantitative estimate of drug-likeness (QED) is 0.761. The van der Waals surface area contributed by atoms with E-state index >= 15 is 0 Å². The molecule has 0 radical (unpaired) electrons. The first-order valence-corrected chi connectivity index (χ1v) is 10.2. The second-order valence-electron chi connectivity index (χ2n) is 9.06. The Kier molecular flexibility index (Phi) is 5.63. The maximum absolute atomic E-state index is 13.1. The third-order valence-corrected chi connectivity index (χ3v) is 7.31. The summed E-state index contributed by atoms with van der Waals surface area (Å²) in [6.07, 6.45) is 6.94. The summed E-state index contributed by atoms with van der Waals surface area (Å²) in [5.74, 6) is 0.620. The lowest BCUT2D eigenvalue weighted by Crippen LogP contribution is -2.51. The van der Waals surface area contributed by atoms with Crippen LogP contribution in [0.3, 0.4) is 0 Å². The molecule has 3 aliphatic rings. The molecular weight excluding hydrogens is 330 g/mol. The maximum Gasteiger partial charge on any atom is 0.326 e. The largest absolute Gasteiger partial charge is 0.381 e. The molecule has 1 saturated carbocycles. The fourth-order valence-electron chi connectivity index (χ4n) is 4.81. The van der Waals surface area contributed by atoms with Crippen LogP contribution in [-0.4, -0.2) is 60.2 Å². The highest BCUT2D eigenvalue weighted by Crippen LogP contribution is 2.45. The van der Waals surface area contributed by atoms with Crippen LogP contribution in [-0.2, 0) is 9.53 Å². The Morgan fingerprint density at radius 3 is 2.31 bits per heavy atom. The number of carbonyl (C=O) groups excluding carboxylic acids is 2. The van der Waals surface area contributed by atoms with E-state index in [9.17, 15) is 9.59 Å². The van der Waals surface area contributed by atoms with Gasteiger partial charge in [-0.25, -0.2) is 9.69 Å². The van der Waals surface area contributed by atoms with Gasteiger partial charge in [0.1, 0.15) is 5.54 Å². The molecule has 3 rings (SSSR count). The number of urea groups is 1. The SMILES string of the molecule is CCC(C)(C)C1CCC2(CC1)NC(=O)N(CN1CCC(OC)CC1)C2=O. The molecule has 6 nitrogen and oxygen atoms in total. The first-order valence-electron chi connectivity index (χ1n) is 10.2. The zero-order valence-corrected chi connectivity index (χ0v) is 16.8. The van der Waals surface area contributed by atoms with Crippen molar-refractivity contribution in [2.24, 2.45) is 11.3 Å².